The van der Waals surface area contributed by atoms with E-state index in [1.165, 1.54) is 32.0 Å². The molecule has 6 atom stereocenters. The SMILES string of the molecule is CCCCC1C(=O)OC(C)C(NC(=O)c2cccc(NC=O)c2O)C(=O)OC(C)C1OC(=O)C(C)CC. The third-order valence-electron chi connectivity index (χ3n) is 6.41. The number of cyclic esters (lactones) is 2. The molecule has 1 saturated heterocycles. The zero-order valence-electron chi connectivity index (χ0n) is 21.8. The minimum atomic E-state index is -1.42. The maximum Gasteiger partial charge on any atom is 0.332 e. The van der Waals surface area contributed by atoms with Crippen LogP contribution in [0.5, 0.6) is 5.75 Å². The normalized spacial score (nSPS) is 24.8. The summed E-state index contributed by atoms with van der Waals surface area (Å²) in [5.41, 5.74) is -0.218. The second-order valence-electron chi connectivity index (χ2n) is 9.16. The highest BCUT2D eigenvalue weighted by Crippen LogP contribution is 2.29. The van der Waals surface area contributed by atoms with Crippen LogP contribution < -0.4 is 10.6 Å². The summed E-state index contributed by atoms with van der Waals surface area (Å²) in [5, 5.41) is 15.1. The van der Waals surface area contributed by atoms with Crippen molar-refractivity contribution in [2.45, 2.75) is 84.7 Å². The summed E-state index contributed by atoms with van der Waals surface area (Å²) < 4.78 is 16.8. The van der Waals surface area contributed by atoms with E-state index in [-0.39, 0.29) is 11.3 Å². The zero-order valence-corrected chi connectivity index (χ0v) is 21.8. The Morgan fingerprint density at radius 1 is 1.14 bits per heavy atom. The van der Waals surface area contributed by atoms with Crippen LogP contribution >= 0.6 is 0 Å². The molecule has 204 valence electrons. The summed E-state index contributed by atoms with van der Waals surface area (Å²) in [6.45, 7) is 8.44. The molecule has 1 heterocycles. The molecule has 0 radical (unpaired) electrons. The number of para-hydroxylation sites is 1. The number of nitrogens with one attached hydrogen (secondary N) is 2. The fraction of sp³-hybridized carbons (Fsp3) is 0.577. The van der Waals surface area contributed by atoms with Gasteiger partial charge in [0.05, 0.1) is 23.1 Å². The summed E-state index contributed by atoms with van der Waals surface area (Å²) in [5.74, 6) is -4.73. The van der Waals surface area contributed by atoms with E-state index in [9.17, 15) is 29.1 Å². The van der Waals surface area contributed by atoms with Crippen LogP contribution in [0.1, 0.15) is 70.7 Å². The fourth-order valence-corrected chi connectivity index (χ4v) is 3.92. The minimum absolute atomic E-state index is 0.00229. The first-order chi connectivity index (χ1) is 17.5. The number of esters is 3. The number of phenolic OH excluding ortho intramolecular Hbond substituents is 1. The Morgan fingerprint density at radius 3 is 2.43 bits per heavy atom. The predicted octanol–water partition coefficient (Wildman–Crippen LogP) is 2.70. The lowest BCUT2D eigenvalue weighted by Gasteiger charge is -2.30. The second kappa shape index (κ2) is 13.6. The van der Waals surface area contributed by atoms with E-state index in [1.54, 1.807) is 6.92 Å². The Bertz CT molecular complexity index is 996. The maximum atomic E-state index is 13.2. The van der Waals surface area contributed by atoms with Crippen LogP contribution in [0, 0.1) is 11.8 Å². The van der Waals surface area contributed by atoms with Gasteiger partial charge in [0.2, 0.25) is 6.41 Å². The van der Waals surface area contributed by atoms with Crippen molar-refractivity contribution in [1.82, 2.24) is 5.32 Å². The Labute approximate surface area is 216 Å². The molecule has 3 N–H and O–H groups in total. The fourth-order valence-electron chi connectivity index (χ4n) is 3.92. The Kier molecular flexibility index (Phi) is 10.9. The number of ether oxygens (including phenoxy) is 3. The van der Waals surface area contributed by atoms with Gasteiger partial charge in [-0.05, 0) is 38.8 Å². The van der Waals surface area contributed by atoms with Crippen molar-refractivity contribution < 1.29 is 43.3 Å². The van der Waals surface area contributed by atoms with Gasteiger partial charge in [-0.1, -0.05) is 39.7 Å². The number of benzene rings is 1. The summed E-state index contributed by atoms with van der Waals surface area (Å²) >= 11 is 0. The highest BCUT2D eigenvalue weighted by Gasteiger charge is 2.44. The molecule has 6 unspecified atom stereocenters. The molecule has 0 saturated carbocycles. The third kappa shape index (κ3) is 7.43. The van der Waals surface area contributed by atoms with Crippen molar-refractivity contribution in [3.8, 4) is 5.75 Å². The van der Waals surface area contributed by atoms with Crippen molar-refractivity contribution in [2.24, 2.45) is 11.8 Å². The molecule has 11 heteroatoms. The largest absolute Gasteiger partial charge is 0.505 e. The van der Waals surface area contributed by atoms with Crippen LogP contribution in [-0.2, 0) is 33.4 Å². The first kappa shape index (κ1) is 29.6. The van der Waals surface area contributed by atoms with Crippen molar-refractivity contribution in [1.29, 1.82) is 0 Å². The molecule has 1 aromatic rings. The predicted molar refractivity (Wildman–Crippen MR) is 133 cm³/mol. The van der Waals surface area contributed by atoms with E-state index in [1.807, 2.05) is 13.8 Å². The highest BCUT2D eigenvalue weighted by molar-refractivity contribution is 6.01. The number of carbonyl (C=O) groups is 5. The smallest absolute Gasteiger partial charge is 0.332 e. The highest BCUT2D eigenvalue weighted by atomic mass is 16.6. The molecule has 37 heavy (non-hydrogen) atoms. The molecule has 2 rings (SSSR count). The molecule has 1 aliphatic rings. The lowest BCUT2D eigenvalue weighted by molar-refractivity contribution is -0.177. The molecular formula is C26H36N2O9. The number of phenols is 1. The number of aromatic hydroxyl groups is 1. The molecule has 1 aromatic carbocycles. The van der Waals surface area contributed by atoms with Gasteiger partial charge in [0.15, 0.2) is 17.9 Å². The molecule has 1 aliphatic heterocycles. The zero-order chi connectivity index (χ0) is 27.7. The lowest BCUT2D eigenvalue weighted by atomic mass is 9.92. The first-order valence-corrected chi connectivity index (χ1v) is 12.5. The van der Waals surface area contributed by atoms with Gasteiger partial charge in [-0.2, -0.15) is 0 Å². The van der Waals surface area contributed by atoms with Gasteiger partial charge in [0, 0.05) is 0 Å². The summed E-state index contributed by atoms with van der Waals surface area (Å²) in [6.07, 6.45) is -0.558. The quantitative estimate of drug-likeness (QED) is 0.183. The molecule has 11 nitrogen and oxygen atoms in total. The number of carbonyl (C=O) groups excluding carboxylic acids is 5. The number of hydrogen-bond donors (Lipinski definition) is 3. The molecule has 0 spiro atoms. The average Bonchev–Trinajstić information content (AvgIpc) is 2.88. The molecule has 0 bridgehead atoms. The van der Waals surface area contributed by atoms with Crippen LogP contribution in [0.3, 0.4) is 0 Å². The van der Waals surface area contributed by atoms with E-state index in [4.69, 9.17) is 14.2 Å². The lowest BCUT2D eigenvalue weighted by Crippen LogP contribution is -2.50. The van der Waals surface area contributed by atoms with E-state index in [0.29, 0.717) is 25.7 Å². The van der Waals surface area contributed by atoms with Gasteiger partial charge < -0.3 is 30.0 Å². The average molecular weight is 521 g/mol. The van der Waals surface area contributed by atoms with Crippen molar-refractivity contribution in [3.05, 3.63) is 23.8 Å². The van der Waals surface area contributed by atoms with Crippen molar-refractivity contribution in [3.63, 3.8) is 0 Å². The molecular weight excluding hydrogens is 484 g/mol. The monoisotopic (exact) mass is 520 g/mol. The van der Waals surface area contributed by atoms with E-state index < -0.39 is 65.8 Å². The van der Waals surface area contributed by atoms with Gasteiger partial charge in [-0.25, -0.2) is 4.79 Å². The number of rotatable bonds is 10. The molecule has 0 aromatic heterocycles. The second-order valence-corrected chi connectivity index (χ2v) is 9.16. The van der Waals surface area contributed by atoms with Crippen LogP contribution in [-0.4, -0.2) is 59.7 Å². The molecule has 1 fully saturated rings. The number of hydrogen-bond acceptors (Lipinski definition) is 9. The number of amides is 2. The van der Waals surface area contributed by atoms with Gasteiger partial charge in [-0.3, -0.25) is 19.2 Å². The number of anilines is 1. The topological polar surface area (TPSA) is 157 Å². The van der Waals surface area contributed by atoms with Crippen LogP contribution in [0.15, 0.2) is 18.2 Å². The van der Waals surface area contributed by atoms with Crippen molar-refractivity contribution >= 4 is 35.9 Å². The summed E-state index contributed by atoms with van der Waals surface area (Å²) in [4.78, 5) is 62.6. The van der Waals surface area contributed by atoms with Crippen LogP contribution in [0.4, 0.5) is 5.69 Å². The first-order valence-electron chi connectivity index (χ1n) is 12.5. The van der Waals surface area contributed by atoms with Gasteiger partial charge in [0.1, 0.15) is 12.2 Å². The Hall–Kier alpha value is -3.63. The van der Waals surface area contributed by atoms with Crippen molar-refractivity contribution in [2.75, 3.05) is 5.32 Å². The molecule has 0 aliphatic carbocycles. The van der Waals surface area contributed by atoms with Gasteiger partial charge >= 0.3 is 17.9 Å². The summed E-state index contributed by atoms with van der Waals surface area (Å²) in [7, 11) is 0. The van der Waals surface area contributed by atoms with Crippen LogP contribution in [0.2, 0.25) is 0 Å². The van der Waals surface area contributed by atoms with Crippen LogP contribution in [0.25, 0.3) is 0 Å². The van der Waals surface area contributed by atoms with E-state index in [0.717, 1.165) is 6.42 Å². The number of unbranched alkanes of at least 4 members (excludes halogenated alkanes) is 1. The molecule has 2 amide bonds. The van der Waals surface area contributed by atoms with E-state index >= 15 is 0 Å². The Balaban J connectivity index is 2.36. The minimum Gasteiger partial charge on any atom is -0.505 e. The third-order valence-corrected chi connectivity index (χ3v) is 6.41. The maximum absolute atomic E-state index is 13.2. The standard InChI is InChI=1S/C26H36N2O9/c1-6-8-10-18-22(37-24(32)14(3)7-2)16(5)36-26(34)20(15(4)35-25(18)33)28-23(31)17-11-9-12-19(21(17)30)27-13-29/h9,11-16,18,20,22,30H,6-8,10H2,1-5H3,(H,27,29)(H,28,31). The van der Waals surface area contributed by atoms with E-state index in [2.05, 4.69) is 10.6 Å². The Morgan fingerprint density at radius 2 is 1.81 bits per heavy atom. The summed E-state index contributed by atoms with van der Waals surface area (Å²) in [6, 6.07) is 2.70. The van der Waals surface area contributed by atoms with Gasteiger partial charge in [0.25, 0.3) is 5.91 Å². The van der Waals surface area contributed by atoms with Gasteiger partial charge in [-0.15, -0.1) is 0 Å².